The molecule has 0 aromatic heterocycles. The molecule has 600 valence electrons. The predicted octanol–water partition coefficient (Wildman–Crippen LogP) is -17.6. The lowest BCUT2D eigenvalue weighted by atomic mass is 9.93. The van der Waals surface area contributed by atoms with E-state index in [0.29, 0.717) is 0 Å². The van der Waals surface area contributed by atoms with E-state index >= 15 is 0 Å². The van der Waals surface area contributed by atoms with Crippen molar-refractivity contribution in [2.24, 2.45) is 0 Å². The predicted molar refractivity (Wildman–Crippen MR) is 318 cm³/mol. The molecule has 0 radical (unpaired) electrons. The number of aliphatic hydroxyl groups is 25. The van der Waals surface area contributed by atoms with Gasteiger partial charge in [0.25, 0.3) is 0 Å². The Hall–Kier alpha value is -2.70. The molecule has 0 spiro atoms. The van der Waals surface area contributed by atoms with E-state index in [1.54, 1.807) is 0 Å². The molecule has 45 heteroatoms. The van der Waals surface area contributed by atoms with Crippen molar-refractivity contribution in [1.82, 2.24) is 10.6 Å². The molecule has 0 unspecified atom stereocenters. The minimum atomic E-state index is -2.54. The first-order valence-corrected chi connectivity index (χ1v) is 33.1. The maximum absolute atomic E-state index is 13.5. The molecule has 8 aliphatic heterocycles. The number of aliphatic hydroxyl groups excluding tert-OH is 25. The summed E-state index contributed by atoms with van der Waals surface area (Å²) in [6, 6.07) is -4.00. The van der Waals surface area contributed by atoms with Crippen molar-refractivity contribution in [1.29, 1.82) is 0 Å². The van der Waals surface area contributed by atoms with Crippen LogP contribution in [0.15, 0.2) is 0 Å². The summed E-state index contributed by atoms with van der Waals surface area (Å²) in [5.74, 6) is -1.99. The highest BCUT2D eigenvalue weighted by Gasteiger charge is 2.61. The van der Waals surface area contributed by atoms with E-state index in [0.717, 1.165) is 13.8 Å². The second-order valence-corrected chi connectivity index (χ2v) is 26.4. The van der Waals surface area contributed by atoms with Crippen molar-refractivity contribution < 1.29 is 213 Å². The van der Waals surface area contributed by atoms with Crippen molar-refractivity contribution >= 4 is 11.8 Å². The number of rotatable bonds is 28. The largest absolute Gasteiger partial charge is 0.394 e. The van der Waals surface area contributed by atoms with Crippen LogP contribution in [0.4, 0.5) is 0 Å². The molecule has 0 bridgehead atoms. The van der Waals surface area contributed by atoms with Crippen molar-refractivity contribution in [3.05, 3.63) is 0 Å². The molecule has 0 aromatic carbocycles. The summed E-state index contributed by atoms with van der Waals surface area (Å²) in [5.41, 5.74) is 0. The second-order valence-electron chi connectivity index (χ2n) is 26.4. The van der Waals surface area contributed by atoms with Gasteiger partial charge in [-0.2, -0.15) is 0 Å². The number of carbonyl (C=O) groups excluding carboxylic acids is 2. The quantitative estimate of drug-likeness (QED) is 0.0346. The van der Waals surface area contributed by atoms with Crippen LogP contribution in [0.5, 0.6) is 0 Å². The SMILES string of the molecule is CC(=O)N[C@H]1[C@H](O[C@H]2[C@@H](O)[C@@H](CO[C@@H]3O[C@H](CO)[C@@H](O[C@@H]4O[C@H](CO)[C@H](O)[C@H](O)[C@H]4O[C@@H]4O[C@@H](C)[C@@H](O)[C@@H](O)[C@@H]4O)[C@H](O[C@@H]4O[C@@H](C)[C@@H](O)[C@@H](O)[C@@H]4O)[C@H]3NC(C)=O)O[C@@H](O[C@@H]([C@H](O)[C@@H](O)CO)[C@H](O)CO)[C@@H]2O)O[C@H](CO)[C@@H](O[C@@H]2O[C@@H](C)[C@@H](O)[C@@H](O)[C@@H]2O)[C@@H]1O[C@@H]1O[C@H](CO)[C@H](O)[C@H](O)[C@H]1O. The van der Waals surface area contributed by atoms with Crippen molar-refractivity contribution in [2.75, 3.05) is 46.2 Å². The average Bonchev–Trinajstić information content (AvgIpc) is 0.766. The molecule has 8 rings (SSSR count). The molecule has 0 aromatic rings. The van der Waals surface area contributed by atoms with E-state index in [4.69, 9.17) is 75.8 Å². The summed E-state index contributed by atoms with van der Waals surface area (Å²) < 4.78 is 96.2. The van der Waals surface area contributed by atoms with Crippen LogP contribution in [-0.4, -0.2) is 456 Å². The van der Waals surface area contributed by atoms with Gasteiger partial charge in [-0.1, -0.05) is 0 Å². The third-order valence-corrected chi connectivity index (χ3v) is 19.1. The molecular weight excluding hydrogens is 1410 g/mol. The number of ether oxygens (including phenoxy) is 16. The number of carbonyl (C=O) groups is 2. The first-order valence-electron chi connectivity index (χ1n) is 33.1. The maximum Gasteiger partial charge on any atom is 0.217 e. The van der Waals surface area contributed by atoms with Gasteiger partial charge in [-0.25, -0.2) is 0 Å². The first-order chi connectivity index (χ1) is 48.6. The van der Waals surface area contributed by atoms with Crippen LogP contribution in [0.2, 0.25) is 0 Å². The maximum atomic E-state index is 13.5. The summed E-state index contributed by atoms with van der Waals surface area (Å²) in [6.07, 6.45) is -85.5. The van der Waals surface area contributed by atoms with E-state index in [-0.39, 0.29) is 0 Å². The summed E-state index contributed by atoms with van der Waals surface area (Å²) >= 11 is 0. The molecule has 0 saturated carbocycles. The van der Waals surface area contributed by atoms with Crippen LogP contribution in [0.3, 0.4) is 0 Å². The molecular formula is C58H100N2O43. The van der Waals surface area contributed by atoms with Crippen molar-refractivity contribution in [3.63, 3.8) is 0 Å². The monoisotopic (exact) mass is 1510 g/mol. The topological polar surface area (TPSA) is 712 Å². The fraction of sp³-hybridized carbons (Fsp3) is 0.966. The van der Waals surface area contributed by atoms with E-state index in [1.165, 1.54) is 20.8 Å². The van der Waals surface area contributed by atoms with Gasteiger partial charge in [0.1, 0.15) is 201 Å². The minimum absolute atomic E-state index is 0.917. The van der Waals surface area contributed by atoms with Crippen LogP contribution in [0.1, 0.15) is 34.6 Å². The summed E-state index contributed by atoms with van der Waals surface area (Å²) in [4.78, 5) is 26.9. The van der Waals surface area contributed by atoms with Gasteiger partial charge in [-0.05, 0) is 20.8 Å². The zero-order valence-electron chi connectivity index (χ0n) is 55.9. The van der Waals surface area contributed by atoms with Gasteiger partial charge < -0.3 is 214 Å². The van der Waals surface area contributed by atoms with Crippen LogP contribution >= 0.6 is 0 Å². The molecule has 0 aliphatic carbocycles. The molecule has 44 atom stereocenters. The molecule has 2 amide bonds. The minimum Gasteiger partial charge on any atom is -0.394 e. The molecule has 8 saturated heterocycles. The van der Waals surface area contributed by atoms with Crippen molar-refractivity contribution in [2.45, 2.75) is 305 Å². The Kier molecular flexibility index (Phi) is 31.1. The van der Waals surface area contributed by atoms with Gasteiger partial charge in [-0.3, -0.25) is 9.59 Å². The van der Waals surface area contributed by atoms with Gasteiger partial charge in [0.15, 0.2) is 50.3 Å². The van der Waals surface area contributed by atoms with Crippen LogP contribution < -0.4 is 10.6 Å². The Morgan fingerprint density at radius 1 is 0.330 bits per heavy atom. The fourth-order valence-corrected chi connectivity index (χ4v) is 13.1. The van der Waals surface area contributed by atoms with E-state index < -0.39 is 328 Å². The fourth-order valence-electron chi connectivity index (χ4n) is 13.1. The third kappa shape index (κ3) is 19.0. The third-order valence-electron chi connectivity index (χ3n) is 19.1. The highest BCUT2D eigenvalue weighted by atomic mass is 16.8. The number of hydrogen-bond acceptors (Lipinski definition) is 43. The Morgan fingerprint density at radius 3 is 1.10 bits per heavy atom. The normalized spacial score (nSPS) is 49.1. The Morgan fingerprint density at radius 2 is 0.670 bits per heavy atom. The highest BCUT2D eigenvalue weighted by Crippen LogP contribution is 2.40. The Balaban J connectivity index is 1.18. The second kappa shape index (κ2) is 37.3. The molecule has 8 aliphatic rings. The lowest BCUT2D eigenvalue weighted by molar-refractivity contribution is -0.396. The molecule has 27 N–H and O–H groups in total. The van der Waals surface area contributed by atoms with Crippen LogP contribution in [0, 0.1) is 0 Å². The van der Waals surface area contributed by atoms with Gasteiger partial charge in [0, 0.05) is 13.8 Å². The number of amides is 2. The van der Waals surface area contributed by atoms with E-state index in [9.17, 15) is 137 Å². The zero-order chi connectivity index (χ0) is 76.2. The summed E-state index contributed by atoms with van der Waals surface area (Å²) in [5, 5.41) is 278. The zero-order valence-corrected chi connectivity index (χ0v) is 55.9. The van der Waals surface area contributed by atoms with Gasteiger partial charge >= 0.3 is 0 Å². The van der Waals surface area contributed by atoms with Gasteiger partial charge in [0.2, 0.25) is 11.8 Å². The summed E-state index contributed by atoms with van der Waals surface area (Å²) in [6.45, 7) is -2.54. The molecule has 8 heterocycles. The van der Waals surface area contributed by atoms with Crippen LogP contribution in [-0.2, 0) is 85.4 Å². The number of nitrogens with one attached hydrogen (secondary N) is 2. The van der Waals surface area contributed by atoms with Crippen molar-refractivity contribution in [3.8, 4) is 0 Å². The Labute approximate surface area is 585 Å². The van der Waals surface area contributed by atoms with E-state index in [2.05, 4.69) is 10.6 Å². The summed E-state index contributed by atoms with van der Waals surface area (Å²) in [7, 11) is 0. The number of hydrogen-bond donors (Lipinski definition) is 27. The molecule has 103 heavy (non-hydrogen) atoms. The smallest absolute Gasteiger partial charge is 0.217 e. The first kappa shape index (κ1) is 85.9. The van der Waals surface area contributed by atoms with E-state index in [1.807, 2.05) is 0 Å². The van der Waals surface area contributed by atoms with Crippen LogP contribution in [0.25, 0.3) is 0 Å². The lowest BCUT2D eigenvalue weighted by Crippen LogP contribution is -2.71. The van der Waals surface area contributed by atoms with Gasteiger partial charge in [0.05, 0.1) is 64.6 Å². The Bertz CT molecular complexity index is 2610. The molecule has 45 nitrogen and oxygen atoms in total. The van der Waals surface area contributed by atoms with Gasteiger partial charge in [-0.15, -0.1) is 0 Å². The lowest BCUT2D eigenvalue weighted by Gasteiger charge is -2.52. The highest BCUT2D eigenvalue weighted by molar-refractivity contribution is 5.73. The standard InChI is InChI=1S/C58H100N2O43/c1-13-27(71)34(78)39(83)53(89-13)98-45-23(11-66)95-52(26(60-17(5)68)48(45)101-56-42(86)37(81)31(75)20(8-63)92-56)102-49-33(77)24(96-57(43(49)87)97-44(19(70)7-62)30(74)18(69)6-61)12-88-51-25(59-16(4)67)47(100-54-40(84)35(79)28(72)14(2)90-54)46(22(10-65)94-51)99-58-50(38(82)32(76)21(9-64)93-58)103-55-41(85)36(80)29(73)15(3)91-55/h13-15,18-58,61-66,69-87H,6-12H2,1-5H3,(H,59,67)(H,60,68)/t13-,14-,15-,18-,19+,20+,21+,22+,23+,24+,25+,26+,27+,28+,29+,30+,31-,32-,33-,34+,35+,36+,37-,38-,39-,40-,41-,42+,43+,44+,45+,46+,47+,48+,49-,50+,51+,52-,53-,54-,55-,56-,57-,58-/m0/s1. The average molecular weight is 1510 g/mol. The molecule has 8 fully saturated rings.